The second kappa shape index (κ2) is 6.87. The largest absolute Gasteiger partial charge is 0.332 e. The van der Waals surface area contributed by atoms with Crippen molar-refractivity contribution >= 4 is 34.3 Å². The molecule has 3 rings (SSSR count). The highest BCUT2D eigenvalue weighted by molar-refractivity contribution is 8.15. The Bertz CT molecular complexity index is 730. The number of rotatable bonds is 2. The Balaban J connectivity index is 1.90. The topological polar surface area (TPSA) is 44.7 Å². The SMILES string of the molecule is Cc1cccc(N(C(=O)Nc2ccccc2)C2=NCC(C)S2)c1. The Morgan fingerprint density at radius 3 is 2.65 bits per heavy atom. The molecule has 4 nitrogen and oxygen atoms in total. The quantitative estimate of drug-likeness (QED) is 0.882. The number of aryl methyl sites for hydroxylation is 1. The fourth-order valence-electron chi connectivity index (χ4n) is 2.37. The van der Waals surface area contributed by atoms with E-state index < -0.39 is 0 Å². The van der Waals surface area contributed by atoms with Crippen LogP contribution in [0.15, 0.2) is 59.6 Å². The Hall–Kier alpha value is -2.27. The summed E-state index contributed by atoms with van der Waals surface area (Å²) in [5, 5.41) is 4.08. The Morgan fingerprint density at radius 1 is 1.22 bits per heavy atom. The number of amidine groups is 1. The zero-order chi connectivity index (χ0) is 16.2. The van der Waals surface area contributed by atoms with Gasteiger partial charge in [0.15, 0.2) is 5.17 Å². The number of hydrogen-bond donors (Lipinski definition) is 1. The van der Waals surface area contributed by atoms with Gasteiger partial charge in [-0.2, -0.15) is 0 Å². The van der Waals surface area contributed by atoms with Gasteiger partial charge in [0.1, 0.15) is 0 Å². The normalized spacial score (nSPS) is 16.8. The van der Waals surface area contributed by atoms with Gasteiger partial charge in [-0.3, -0.25) is 4.99 Å². The minimum atomic E-state index is -0.192. The monoisotopic (exact) mass is 325 g/mol. The Kier molecular flexibility index (Phi) is 4.67. The minimum absolute atomic E-state index is 0.192. The molecule has 1 unspecified atom stereocenters. The van der Waals surface area contributed by atoms with Gasteiger partial charge in [0.2, 0.25) is 0 Å². The Labute approximate surface area is 140 Å². The van der Waals surface area contributed by atoms with Crippen molar-refractivity contribution in [3.63, 3.8) is 0 Å². The Morgan fingerprint density at radius 2 is 2.00 bits per heavy atom. The van der Waals surface area contributed by atoms with Crippen molar-refractivity contribution in [2.24, 2.45) is 4.99 Å². The summed E-state index contributed by atoms with van der Waals surface area (Å²) in [6.07, 6.45) is 0. The molecule has 2 aromatic rings. The maximum atomic E-state index is 12.8. The molecular weight excluding hydrogens is 306 g/mol. The summed E-state index contributed by atoms with van der Waals surface area (Å²) in [7, 11) is 0. The van der Waals surface area contributed by atoms with E-state index in [1.807, 2.05) is 61.5 Å². The molecule has 0 saturated heterocycles. The fourth-order valence-corrected chi connectivity index (χ4v) is 3.32. The van der Waals surface area contributed by atoms with Gasteiger partial charge in [0.25, 0.3) is 0 Å². The van der Waals surface area contributed by atoms with E-state index in [-0.39, 0.29) is 6.03 Å². The molecule has 0 fully saturated rings. The molecule has 0 saturated carbocycles. The van der Waals surface area contributed by atoms with Crippen molar-refractivity contribution in [3.8, 4) is 0 Å². The van der Waals surface area contributed by atoms with Crippen LogP contribution in [0.1, 0.15) is 12.5 Å². The van der Waals surface area contributed by atoms with E-state index in [0.29, 0.717) is 5.25 Å². The van der Waals surface area contributed by atoms with Crippen molar-refractivity contribution in [2.75, 3.05) is 16.8 Å². The zero-order valence-corrected chi connectivity index (χ0v) is 14.0. The summed E-state index contributed by atoms with van der Waals surface area (Å²) in [5.41, 5.74) is 2.71. The van der Waals surface area contributed by atoms with Crippen LogP contribution in [-0.4, -0.2) is 23.0 Å². The van der Waals surface area contributed by atoms with Crippen LogP contribution >= 0.6 is 11.8 Å². The van der Waals surface area contributed by atoms with Gasteiger partial charge in [0, 0.05) is 10.9 Å². The van der Waals surface area contributed by atoms with E-state index in [1.165, 1.54) is 0 Å². The van der Waals surface area contributed by atoms with Gasteiger partial charge < -0.3 is 5.32 Å². The standard InChI is InChI=1S/C18H19N3OS/c1-13-7-6-10-16(11-13)21(18-19-12-14(2)23-18)17(22)20-15-8-4-3-5-9-15/h3-11,14H,12H2,1-2H3,(H,20,22). The summed E-state index contributed by atoms with van der Waals surface area (Å²) in [4.78, 5) is 19.0. The number of anilines is 2. The summed E-state index contributed by atoms with van der Waals surface area (Å²) < 4.78 is 0. The predicted octanol–water partition coefficient (Wildman–Crippen LogP) is 4.52. The van der Waals surface area contributed by atoms with Crippen molar-refractivity contribution in [2.45, 2.75) is 19.1 Å². The van der Waals surface area contributed by atoms with E-state index in [1.54, 1.807) is 16.7 Å². The van der Waals surface area contributed by atoms with Gasteiger partial charge in [-0.1, -0.05) is 49.0 Å². The highest BCUT2D eigenvalue weighted by Gasteiger charge is 2.27. The van der Waals surface area contributed by atoms with Gasteiger partial charge in [-0.15, -0.1) is 0 Å². The van der Waals surface area contributed by atoms with E-state index in [9.17, 15) is 4.79 Å². The second-order valence-corrected chi connectivity index (χ2v) is 6.93. The highest BCUT2D eigenvalue weighted by Crippen LogP contribution is 2.28. The first-order valence-electron chi connectivity index (χ1n) is 7.57. The minimum Gasteiger partial charge on any atom is -0.307 e. The number of nitrogens with one attached hydrogen (secondary N) is 1. The molecule has 0 radical (unpaired) electrons. The van der Waals surface area contributed by atoms with Crippen molar-refractivity contribution < 1.29 is 4.79 Å². The number of aliphatic imine (C=N–C) groups is 1. The second-order valence-electron chi connectivity index (χ2n) is 5.52. The lowest BCUT2D eigenvalue weighted by Gasteiger charge is -2.23. The van der Waals surface area contributed by atoms with Crippen LogP contribution in [0.3, 0.4) is 0 Å². The number of carbonyl (C=O) groups excluding carboxylic acids is 1. The van der Waals surface area contributed by atoms with Crippen LogP contribution < -0.4 is 10.2 Å². The number of urea groups is 1. The lowest BCUT2D eigenvalue weighted by Crippen LogP contribution is -2.38. The van der Waals surface area contributed by atoms with Crippen molar-refractivity contribution in [1.29, 1.82) is 0 Å². The molecule has 1 aliphatic heterocycles. The third-order valence-corrected chi connectivity index (χ3v) is 4.54. The van der Waals surface area contributed by atoms with E-state index in [4.69, 9.17) is 0 Å². The molecule has 0 aromatic heterocycles. The number of hydrogen-bond acceptors (Lipinski definition) is 3. The maximum absolute atomic E-state index is 12.8. The number of thioether (sulfide) groups is 1. The molecule has 0 bridgehead atoms. The lowest BCUT2D eigenvalue weighted by molar-refractivity contribution is 0.259. The first kappa shape index (κ1) is 15.6. The first-order chi connectivity index (χ1) is 11.1. The van der Waals surface area contributed by atoms with Crippen molar-refractivity contribution in [3.05, 3.63) is 60.2 Å². The van der Waals surface area contributed by atoms with Crippen LogP contribution in [0, 0.1) is 6.92 Å². The summed E-state index contributed by atoms with van der Waals surface area (Å²) in [6.45, 7) is 4.87. The third kappa shape index (κ3) is 3.74. The number of nitrogens with zero attached hydrogens (tertiary/aromatic N) is 2. The van der Waals surface area contributed by atoms with Crippen LogP contribution in [0.4, 0.5) is 16.2 Å². The predicted molar refractivity (Wildman–Crippen MR) is 98.5 cm³/mol. The van der Waals surface area contributed by atoms with Crippen molar-refractivity contribution in [1.82, 2.24) is 0 Å². The highest BCUT2D eigenvalue weighted by atomic mass is 32.2. The van der Waals surface area contributed by atoms with E-state index in [2.05, 4.69) is 17.2 Å². The van der Waals surface area contributed by atoms with Crippen LogP contribution in [-0.2, 0) is 0 Å². The van der Waals surface area contributed by atoms with Crippen LogP contribution in [0.2, 0.25) is 0 Å². The molecule has 1 atom stereocenters. The molecule has 2 amide bonds. The molecule has 2 aromatic carbocycles. The molecule has 23 heavy (non-hydrogen) atoms. The number of para-hydroxylation sites is 1. The molecule has 0 spiro atoms. The molecule has 118 valence electrons. The summed E-state index contributed by atoms with van der Waals surface area (Å²) >= 11 is 1.63. The lowest BCUT2D eigenvalue weighted by atomic mass is 10.2. The maximum Gasteiger partial charge on any atom is 0.332 e. The number of amides is 2. The fraction of sp³-hybridized carbons (Fsp3) is 0.222. The smallest absolute Gasteiger partial charge is 0.307 e. The number of benzene rings is 2. The first-order valence-corrected chi connectivity index (χ1v) is 8.45. The van der Waals surface area contributed by atoms with Gasteiger partial charge in [-0.05, 0) is 36.8 Å². The van der Waals surface area contributed by atoms with Crippen LogP contribution in [0.25, 0.3) is 0 Å². The third-order valence-electron chi connectivity index (χ3n) is 3.47. The van der Waals surface area contributed by atoms with E-state index >= 15 is 0 Å². The average Bonchev–Trinajstić information content (AvgIpc) is 2.94. The summed E-state index contributed by atoms with van der Waals surface area (Å²) in [5.74, 6) is 0. The molecule has 1 aliphatic rings. The van der Waals surface area contributed by atoms with Crippen LogP contribution in [0.5, 0.6) is 0 Å². The number of carbonyl (C=O) groups is 1. The van der Waals surface area contributed by atoms with Gasteiger partial charge in [0.05, 0.1) is 12.2 Å². The molecule has 1 N–H and O–H groups in total. The van der Waals surface area contributed by atoms with Gasteiger partial charge in [-0.25, -0.2) is 9.69 Å². The molecule has 5 heteroatoms. The van der Waals surface area contributed by atoms with Gasteiger partial charge >= 0.3 is 6.03 Å². The van der Waals surface area contributed by atoms with E-state index in [0.717, 1.165) is 28.7 Å². The average molecular weight is 325 g/mol. The summed E-state index contributed by atoms with van der Waals surface area (Å²) in [6, 6.07) is 17.2. The zero-order valence-electron chi connectivity index (χ0n) is 13.2. The molecular formula is C18H19N3OS. The molecule has 1 heterocycles. The molecule has 0 aliphatic carbocycles.